The fourth-order valence-corrected chi connectivity index (χ4v) is 8.29. The fourth-order valence-electron chi connectivity index (χ4n) is 8.29. The van der Waals surface area contributed by atoms with E-state index in [1.54, 1.807) is 0 Å². The third kappa shape index (κ3) is 4.62. The summed E-state index contributed by atoms with van der Waals surface area (Å²) in [5.41, 5.74) is 13.4. The summed E-state index contributed by atoms with van der Waals surface area (Å²) in [6.07, 6.45) is 1.85. The number of hydrogen-bond donors (Lipinski definition) is 0. The monoisotopic (exact) mass is 651 g/mol. The summed E-state index contributed by atoms with van der Waals surface area (Å²) in [4.78, 5) is 15.2. The average molecular weight is 652 g/mol. The van der Waals surface area contributed by atoms with Crippen LogP contribution in [0.1, 0.15) is 25.0 Å². The lowest BCUT2D eigenvalue weighted by Crippen LogP contribution is -2.15. The first kappa shape index (κ1) is 29.5. The summed E-state index contributed by atoms with van der Waals surface area (Å²) >= 11 is 0. The summed E-state index contributed by atoms with van der Waals surface area (Å²) in [7, 11) is 0. The van der Waals surface area contributed by atoms with Crippen molar-refractivity contribution in [1.29, 1.82) is 0 Å². The molecule has 0 spiro atoms. The molecule has 1 aliphatic carbocycles. The van der Waals surface area contributed by atoms with Crippen LogP contribution in [0.25, 0.3) is 88.6 Å². The van der Waals surface area contributed by atoms with Gasteiger partial charge in [0.25, 0.3) is 0 Å². The molecule has 0 aliphatic heterocycles. The van der Waals surface area contributed by atoms with E-state index in [2.05, 4.69) is 159 Å². The average Bonchev–Trinajstić information content (AvgIpc) is 3.43. The van der Waals surface area contributed by atoms with Crippen molar-refractivity contribution in [2.24, 2.45) is 0 Å². The van der Waals surface area contributed by atoms with Gasteiger partial charge in [0.2, 0.25) is 0 Å². The summed E-state index contributed by atoms with van der Waals surface area (Å²) in [5.74, 6) is 0.694. The van der Waals surface area contributed by atoms with Gasteiger partial charge in [0, 0.05) is 33.7 Å². The topological polar surface area (TPSA) is 38.7 Å². The van der Waals surface area contributed by atoms with Gasteiger partial charge in [-0.3, -0.25) is 4.98 Å². The van der Waals surface area contributed by atoms with Crippen molar-refractivity contribution in [3.8, 4) is 56.2 Å². The quantitative estimate of drug-likeness (QED) is 0.190. The Bertz CT molecular complexity index is 2830. The minimum Gasteiger partial charge on any atom is -0.256 e. The first-order chi connectivity index (χ1) is 25.0. The van der Waals surface area contributed by atoms with E-state index in [0.29, 0.717) is 5.82 Å². The van der Waals surface area contributed by atoms with Gasteiger partial charge in [0.05, 0.1) is 16.9 Å². The maximum atomic E-state index is 5.27. The lowest BCUT2D eigenvalue weighted by atomic mass is 9.79. The number of benzene rings is 7. The highest BCUT2D eigenvalue weighted by molar-refractivity contribution is 6.05. The van der Waals surface area contributed by atoms with E-state index in [0.717, 1.165) is 44.4 Å². The molecule has 10 rings (SSSR count). The summed E-state index contributed by atoms with van der Waals surface area (Å²) in [6, 6.07) is 56.3. The summed E-state index contributed by atoms with van der Waals surface area (Å²) in [6.45, 7) is 4.74. The van der Waals surface area contributed by atoms with Crippen LogP contribution in [-0.2, 0) is 5.41 Å². The van der Waals surface area contributed by atoms with Crippen LogP contribution in [0.4, 0.5) is 0 Å². The van der Waals surface area contributed by atoms with Crippen molar-refractivity contribution in [3.05, 3.63) is 175 Å². The Morgan fingerprint density at radius 3 is 1.96 bits per heavy atom. The van der Waals surface area contributed by atoms with Crippen LogP contribution >= 0.6 is 0 Å². The Morgan fingerprint density at radius 1 is 0.431 bits per heavy atom. The summed E-state index contributed by atoms with van der Waals surface area (Å²) < 4.78 is 0. The molecule has 0 bridgehead atoms. The molecule has 7 aromatic carbocycles. The maximum absolute atomic E-state index is 5.27. The molecule has 0 radical (unpaired) electrons. The van der Waals surface area contributed by atoms with E-state index in [1.807, 2.05) is 18.3 Å². The zero-order chi connectivity index (χ0) is 34.1. The van der Waals surface area contributed by atoms with Crippen LogP contribution in [0.15, 0.2) is 164 Å². The molecule has 2 aromatic heterocycles. The molecular formula is C48H33N3. The highest BCUT2D eigenvalue weighted by Crippen LogP contribution is 2.52. The number of pyridine rings is 1. The van der Waals surface area contributed by atoms with Gasteiger partial charge in [-0.2, -0.15) is 0 Å². The van der Waals surface area contributed by atoms with Gasteiger partial charge in [-0.15, -0.1) is 0 Å². The molecule has 0 amide bonds. The van der Waals surface area contributed by atoms with Crippen molar-refractivity contribution in [2.75, 3.05) is 0 Å². The highest BCUT2D eigenvalue weighted by atomic mass is 14.9. The fraction of sp³-hybridized carbons (Fsp3) is 0.0625. The molecule has 2 heterocycles. The van der Waals surface area contributed by atoms with Gasteiger partial charge in [0.15, 0.2) is 5.82 Å². The number of hydrogen-bond acceptors (Lipinski definition) is 3. The molecule has 0 saturated carbocycles. The van der Waals surface area contributed by atoms with Gasteiger partial charge < -0.3 is 0 Å². The van der Waals surface area contributed by atoms with Crippen LogP contribution < -0.4 is 0 Å². The molecule has 3 nitrogen and oxygen atoms in total. The molecule has 0 saturated heterocycles. The normalized spacial score (nSPS) is 13.1. The van der Waals surface area contributed by atoms with Crippen molar-refractivity contribution < 1.29 is 0 Å². The molecule has 0 N–H and O–H groups in total. The first-order valence-corrected chi connectivity index (χ1v) is 17.5. The van der Waals surface area contributed by atoms with E-state index < -0.39 is 0 Å². The van der Waals surface area contributed by atoms with Crippen LogP contribution in [0.3, 0.4) is 0 Å². The number of para-hydroxylation sites is 1. The van der Waals surface area contributed by atoms with Crippen molar-refractivity contribution >= 4 is 32.4 Å². The molecule has 0 unspecified atom stereocenters. The molecule has 0 fully saturated rings. The Kier molecular flexibility index (Phi) is 6.53. The lowest BCUT2D eigenvalue weighted by molar-refractivity contribution is 0.666. The van der Waals surface area contributed by atoms with Crippen LogP contribution in [0.5, 0.6) is 0 Å². The maximum Gasteiger partial charge on any atom is 0.161 e. The van der Waals surface area contributed by atoms with Crippen LogP contribution in [-0.4, -0.2) is 15.0 Å². The van der Waals surface area contributed by atoms with E-state index >= 15 is 0 Å². The van der Waals surface area contributed by atoms with Gasteiger partial charge in [-0.25, -0.2) is 9.97 Å². The number of nitrogens with zero attached hydrogens (tertiary/aromatic N) is 3. The Hall–Kier alpha value is -6.45. The van der Waals surface area contributed by atoms with E-state index in [1.165, 1.54) is 49.5 Å². The standard InChI is InChI=1S/C48H33N3/c1-48(2)42-28-33(22-23-38(42)39-24-21-30-12-6-7-17-35(30)45(39)48)34-25-26-40(37-19-9-8-18-36(34)37)47-50-43(31-13-4-3-5-14-31)29-44(51-47)41-20-10-15-32-16-11-27-49-46(32)41/h3-29H,1-2H3. The predicted octanol–water partition coefficient (Wildman–Crippen LogP) is 12.3. The first-order valence-electron chi connectivity index (χ1n) is 17.5. The van der Waals surface area contributed by atoms with Crippen LogP contribution in [0.2, 0.25) is 0 Å². The van der Waals surface area contributed by atoms with Gasteiger partial charge in [0.1, 0.15) is 0 Å². The molecule has 9 aromatic rings. The van der Waals surface area contributed by atoms with E-state index in [-0.39, 0.29) is 5.41 Å². The minimum atomic E-state index is -0.129. The van der Waals surface area contributed by atoms with Crippen LogP contribution in [0, 0.1) is 0 Å². The lowest BCUT2D eigenvalue weighted by Gasteiger charge is -2.24. The summed E-state index contributed by atoms with van der Waals surface area (Å²) in [5, 5.41) is 6.01. The second kappa shape index (κ2) is 11.3. The Balaban J connectivity index is 1.15. The molecular weight excluding hydrogens is 619 g/mol. The third-order valence-electron chi connectivity index (χ3n) is 10.7. The largest absolute Gasteiger partial charge is 0.256 e. The molecule has 0 atom stereocenters. The smallest absolute Gasteiger partial charge is 0.161 e. The van der Waals surface area contributed by atoms with Crippen molar-refractivity contribution in [1.82, 2.24) is 15.0 Å². The second-order valence-corrected chi connectivity index (χ2v) is 14.0. The highest BCUT2D eigenvalue weighted by Gasteiger charge is 2.37. The Labute approximate surface area is 297 Å². The third-order valence-corrected chi connectivity index (χ3v) is 10.7. The van der Waals surface area contributed by atoms with Gasteiger partial charge in [-0.1, -0.05) is 147 Å². The second-order valence-electron chi connectivity index (χ2n) is 14.0. The Morgan fingerprint density at radius 2 is 1.10 bits per heavy atom. The van der Waals surface area contributed by atoms with E-state index in [4.69, 9.17) is 15.0 Å². The van der Waals surface area contributed by atoms with E-state index in [9.17, 15) is 0 Å². The zero-order valence-electron chi connectivity index (χ0n) is 28.4. The molecule has 3 heteroatoms. The van der Waals surface area contributed by atoms with Gasteiger partial charge in [-0.05, 0) is 79.2 Å². The number of rotatable bonds is 4. The van der Waals surface area contributed by atoms with Crippen molar-refractivity contribution in [3.63, 3.8) is 0 Å². The zero-order valence-corrected chi connectivity index (χ0v) is 28.4. The predicted molar refractivity (Wildman–Crippen MR) is 212 cm³/mol. The minimum absolute atomic E-state index is 0.129. The number of aromatic nitrogens is 3. The van der Waals surface area contributed by atoms with Gasteiger partial charge >= 0.3 is 0 Å². The number of fused-ring (bicyclic) bond motifs is 7. The van der Waals surface area contributed by atoms with Crippen molar-refractivity contribution in [2.45, 2.75) is 19.3 Å². The molecule has 1 aliphatic rings. The molecule has 51 heavy (non-hydrogen) atoms. The molecule has 240 valence electrons. The SMILES string of the molecule is CC1(C)c2cc(-c3ccc(-c4nc(-c5ccccc5)cc(-c5cccc6cccnc56)n4)c4ccccc34)ccc2-c2ccc3ccccc3c21.